The van der Waals surface area contributed by atoms with Gasteiger partial charge in [0.2, 0.25) is 10.0 Å². The Labute approximate surface area is 120 Å². The third-order valence-electron chi connectivity index (χ3n) is 2.58. The molecule has 0 spiro atoms. The standard InChI is InChI=1S/C11H15N3O2S3/c1-8(11-13-2-3-17-11)6-14-19(15,16)10-4-9(5-12)7-18-10/h2-4,7-8,14H,5-6,12H2,1H3. The van der Waals surface area contributed by atoms with Crippen molar-refractivity contribution in [1.29, 1.82) is 0 Å². The maximum atomic E-state index is 12.1. The molecule has 0 saturated heterocycles. The lowest BCUT2D eigenvalue weighted by Gasteiger charge is -2.09. The van der Waals surface area contributed by atoms with Crippen LogP contribution in [0.25, 0.3) is 0 Å². The molecule has 2 heterocycles. The summed E-state index contributed by atoms with van der Waals surface area (Å²) in [5.41, 5.74) is 6.31. The summed E-state index contributed by atoms with van der Waals surface area (Å²) in [6.45, 7) is 2.63. The second kappa shape index (κ2) is 6.10. The summed E-state index contributed by atoms with van der Waals surface area (Å²) in [5.74, 6) is 0.0590. The molecule has 0 aliphatic heterocycles. The number of aromatic nitrogens is 1. The fraction of sp³-hybridized carbons (Fsp3) is 0.364. The number of nitrogens with one attached hydrogen (secondary N) is 1. The average Bonchev–Trinajstić information content (AvgIpc) is 3.06. The van der Waals surface area contributed by atoms with Crippen LogP contribution in [0, 0.1) is 0 Å². The zero-order valence-electron chi connectivity index (χ0n) is 10.4. The molecule has 0 aromatic carbocycles. The highest BCUT2D eigenvalue weighted by molar-refractivity contribution is 7.91. The van der Waals surface area contributed by atoms with Crippen LogP contribution in [0.1, 0.15) is 23.4 Å². The van der Waals surface area contributed by atoms with Gasteiger partial charge in [0.05, 0.1) is 5.01 Å². The van der Waals surface area contributed by atoms with Crippen LogP contribution in [-0.4, -0.2) is 19.9 Å². The van der Waals surface area contributed by atoms with Crippen molar-refractivity contribution in [2.75, 3.05) is 6.54 Å². The summed E-state index contributed by atoms with van der Waals surface area (Å²) in [6.07, 6.45) is 1.72. The predicted octanol–water partition coefficient (Wildman–Crippen LogP) is 1.75. The van der Waals surface area contributed by atoms with Crippen LogP contribution in [0.15, 0.2) is 27.2 Å². The highest BCUT2D eigenvalue weighted by Crippen LogP contribution is 2.21. The highest BCUT2D eigenvalue weighted by atomic mass is 32.2. The van der Waals surface area contributed by atoms with E-state index in [-0.39, 0.29) is 5.92 Å². The molecule has 0 aliphatic rings. The first kappa shape index (κ1) is 14.6. The van der Waals surface area contributed by atoms with E-state index in [1.54, 1.807) is 17.6 Å². The molecule has 0 fully saturated rings. The molecule has 2 aromatic rings. The van der Waals surface area contributed by atoms with Gasteiger partial charge in [-0.1, -0.05) is 6.92 Å². The Kier molecular flexibility index (Phi) is 4.69. The first-order valence-electron chi connectivity index (χ1n) is 5.69. The quantitative estimate of drug-likeness (QED) is 0.850. The van der Waals surface area contributed by atoms with Gasteiger partial charge in [0.15, 0.2) is 0 Å². The van der Waals surface area contributed by atoms with Crippen molar-refractivity contribution in [2.24, 2.45) is 5.73 Å². The minimum atomic E-state index is -3.45. The first-order chi connectivity index (χ1) is 9.03. The Morgan fingerprint density at radius 2 is 2.26 bits per heavy atom. The number of nitrogens with two attached hydrogens (primary N) is 1. The molecule has 2 aromatic heterocycles. The second-order valence-corrected chi connectivity index (χ2v) is 7.93. The Bertz CT molecular complexity index is 619. The minimum absolute atomic E-state index is 0.0590. The number of sulfonamides is 1. The largest absolute Gasteiger partial charge is 0.326 e. The monoisotopic (exact) mass is 317 g/mol. The van der Waals surface area contributed by atoms with Crippen LogP contribution in [-0.2, 0) is 16.6 Å². The number of rotatable bonds is 6. The van der Waals surface area contributed by atoms with E-state index in [2.05, 4.69) is 9.71 Å². The molecular formula is C11H15N3O2S3. The SMILES string of the molecule is CC(CNS(=O)(=O)c1cc(CN)cs1)c1nccs1. The van der Waals surface area contributed by atoms with Crippen molar-refractivity contribution < 1.29 is 8.42 Å². The van der Waals surface area contributed by atoms with Gasteiger partial charge in [0.25, 0.3) is 0 Å². The van der Waals surface area contributed by atoms with Crippen molar-refractivity contribution in [1.82, 2.24) is 9.71 Å². The predicted molar refractivity (Wildman–Crippen MR) is 77.9 cm³/mol. The zero-order chi connectivity index (χ0) is 13.9. The number of hydrogen-bond donors (Lipinski definition) is 2. The highest BCUT2D eigenvalue weighted by Gasteiger charge is 2.18. The van der Waals surface area contributed by atoms with Gasteiger partial charge in [-0.25, -0.2) is 18.1 Å². The van der Waals surface area contributed by atoms with Crippen LogP contribution in [0.2, 0.25) is 0 Å². The average molecular weight is 317 g/mol. The van der Waals surface area contributed by atoms with Gasteiger partial charge in [0.1, 0.15) is 4.21 Å². The van der Waals surface area contributed by atoms with Gasteiger partial charge < -0.3 is 5.73 Å². The van der Waals surface area contributed by atoms with Crippen molar-refractivity contribution in [3.63, 3.8) is 0 Å². The van der Waals surface area contributed by atoms with Gasteiger partial charge in [-0.05, 0) is 17.0 Å². The summed E-state index contributed by atoms with van der Waals surface area (Å²) in [6, 6.07) is 1.61. The molecule has 8 heteroatoms. The third kappa shape index (κ3) is 3.61. The Hall–Kier alpha value is -0.800. The van der Waals surface area contributed by atoms with E-state index >= 15 is 0 Å². The van der Waals surface area contributed by atoms with Crippen molar-refractivity contribution in [3.8, 4) is 0 Å². The van der Waals surface area contributed by atoms with Gasteiger partial charge in [-0.2, -0.15) is 0 Å². The van der Waals surface area contributed by atoms with Gasteiger partial charge in [-0.15, -0.1) is 22.7 Å². The first-order valence-corrected chi connectivity index (χ1v) is 8.93. The Balaban J connectivity index is 2.01. The lowest BCUT2D eigenvalue weighted by Crippen LogP contribution is -2.27. The lowest BCUT2D eigenvalue weighted by molar-refractivity contribution is 0.576. The van der Waals surface area contributed by atoms with Crippen molar-refractivity contribution >= 4 is 32.7 Å². The normalized spacial score (nSPS) is 13.6. The van der Waals surface area contributed by atoms with Gasteiger partial charge in [-0.3, -0.25) is 0 Å². The van der Waals surface area contributed by atoms with Crippen LogP contribution in [0.4, 0.5) is 0 Å². The summed E-state index contributed by atoms with van der Waals surface area (Å²) in [7, 11) is -3.45. The number of hydrogen-bond acceptors (Lipinski definition) is 6. The molecule has 19 heavy (non-hydrogen) atoms. The second-order valence-electron chi connectivity index (χ2n) is 4.10. The molecule has 2 rings (SSSR count). The molecular weight excluding hydrogens is 302 g/mol. The topological polar surface area (TPSA) is 85.1 Å². The maximum absolute atomic E-state index is 12.1. The Morgan fingerprint density at radius 3 is 2.84 bits per heavy atom. The molecule has 3 N–H and O–H groups in total. The molecule has 0 bridgehead atoms. The van der Waals surface area contributed by atoms with Crippen LogP contribution in [0.3, 0.4) is 0 Å². The fourth-order valence-corrected chi connectivity index (χ4v) is 4.57. The molecule has 1 unspecified atom stereocenters. The number of thiophene rings is 1. The van der Waals surface area contributed by atoms with E-state index in [1.165, 1.54) is 22.7 Å². The molecule has 0 amide bonds. The molecule has 0 aliphatic carbocycles. The minimum Gasteiger partial charge on any atom is -0.326 e. The summed E-state index contributed by atoms with van der Waals surface area (Å²) < 4.78 is 27.1. The number of nitrogens with zero attached hydrogens (tertiary/aromatic N) is 1. The summed E-state index contributed by atoms with van der Waals surface area (Å²) in [5, 5.41) is 4.57. The maximum Gasteiger partial charge on any atom is 0.250 e. The number of thiazole rings is 1. The van der Waals surface area contributed by atoms with E-state index in [1.807, 2.05) is 12.3 Å². The molecule has 104 valence electrons. The molecule has 0 radical (unpaired) electrons. The Morgan fingerprint density at radius 1 is 1.47 bits per heavy atom. The zero-order valence-corrected chi connectivity index (χ0v) is 12.8. The van der Waals surface area contributed by atoms with E-state index in [9.17, 15) is 8.42 Å². The summed E-state index contributed by atoms with van der Waals surface area (Å²) in [4.78, 5) is 4.18. The smallest absolute Gasteiger partial charge is 0.250 e. The van der Waals surface area contributed by atoms with Gasteiger partial charge in [0, 0.05) is 30.6 Å². The van der Waals surface area contributed by atoms with Crippen molar-refractivity contribution in [2.45, 2.75) is 23.6 Å². The fourth-order valence-electron chi connectivity index (χ4n) is 1.47. The third-order valence-corrected chi connectivity index (χ3v) is 6.50. The van der Waals surface area contributed by atoms with Crippen LogP contribution >= 0.6 is 22.7 Å². The van der Waals surface area contributed by atoms with E-state index in [0.717, 1.165) is 10.6 Å². The molecule has 1 atom stereocenters. The van der Waals surface area contributed by atoms with E-state index in [4.69, 9.17) is 5.73 Å². The van der Waals surface area contributed by atoms with Crippen LogP contribution in [0.5, 0.6) is 0 Å². The molecule has 0 saturated carbocycles. The lowest BCUT2D eigenvalue weighted by atomic mass is 10.2. The summed E-state index contributed by atoms with van der Waals surface area (Å²) >= 11 is 2.71. The van der Waals surface area contributed by atoms with E-state index < -0.39 is 10.0 Å². The molecule has 5 nitrogen and oxygen atoms in total. The van der Waals surface area contributed by atoms with Crippen LogP contribution < -0.4 is 10.5 Å². The van der Waals surface area contributed by atoms with E-state index in [0.29, 0.717) is 17.3 Å². The van der Waals surface area contributed by atoms with Gasteiger partial charge >= 0.3 is 0 Å². The van der Waals surface area contributed by atoms with Crippen molar-refractivity contribution in [3.05, 3.63) is 33.6 Å².